The Balaban J connectivity index is 2.04. The summed E-state index contributed by atoms with van der Waals surface area (Å²) >= 11 is 0. The number of rotatable bonds is 3. The molecule has 0 aliphatic carbocycles. The van der Waals surface area contributed by atoms with Gasteiger partial charge in [-0.05, 0) is 24.6 Å². The number of hydrogen-bond acceptors (Lipinski definition) is 3. The molecule has 5 nitrogen and oxygen atoms in total. The van der Waals surface area contributed by atoms with E-state index in [0.29, 0.717) is 6.54 Å². The summed E-state index contributed by atoms with van der Waals surface area (Å²) in [5, 5.41) is 18.7. The summed E-state index contributed by atoms with van der Waals surface area (Å²) in [7, 11) is 1.97. The van der Waals surface area contributed by atoms with Crippen molar-refractivity contribution < 1.29 is 5.11 Å². The molecular formula is C14H16N4O. The third-order valence-corrected chi connectivity index (χ3v) is 3.57. The van der Waals surface area contributed by atoms with Gasteiger partial charge in [0.25, 0.3) is 0 Å². The van der Waals surface area contributed by atoms with Crippen molar-refractivity contribution in [2.24, 2.45) is 7.05 Å². The Morgan fingerprint density at radius 1 is 1.21 bits per heavy atom. The van der Waals surface area contributed by atoms with Crippen molar-refractivity contribution in [3.63, 3.8) is 0 Å². The van der Waals surface area contributed by atoms with Crippen molar-refractivity contribution in [3.05, 3.63) is 47.7 Å². The van der Waals surface area contributed by atoms with E-state index in [1.165, 1.54) is 0 Å². The zero-order valence-electron chi connectivity index (χ0n) is 11.0. The van der Waals surface area contributed by atoms with Gasteiger partial charge in [-0.2, -0.15) is 0 Å². The summed E-state index contributed by atoms with van der Waals surface area (Å²) in [4.78, 5) is 0. The third-order valence-electron chi connectivity index (χ3n) is 3.57. The van der Waals surface area contributed by atoms with Gasteiger partial charge in [-0.15, -0.1) is 10.2 Å². The van der Waals surface area contributed by atoms with Crippen LogP contribution in [-0.4, -0.2) is 24.4 Å². The molecule has 1 N–H and O–H groups in total. The summed E-state index contributed by atoms with van der Waals surface area (Å²) < 4.78 is 4.11. The van der Waals surface area contributed by atoms with E-state index >= 15 is 0 Å². The van der Waals surface area contributed by atoms with Crippen LogP contribution in [0.4, 0.5) is 0 Å². The van der Waals surface area contributed by atoms with Gasteiger partial charge >= 0.3 is 0 Å². The van der Waals surface area contributed by atoms with Crippen LogP contribution in [0.25, 0.3) is 10.9 Å². The monoisotopic (exact) mass is 256 g/mol. The number of aryl methyl sites for hydroxylation is 1. The maximum atomic E-state index is 9.35. The number of benzene rings is 1. The quantitative estimate of drug-likeness (QED) is 0.774. The van der Waals surface area contributed by atoms with Crippen LogP contribution in [0.3, 0.4) is 0 Å². The van der Waals surface area contributed by atoms with Crippen LogP contribution >= 0.6 is 0 Å². The summed E-state index contributed by atoms with van der Waals surface area (Å²) in [5.74, 6) is 1.83. The maximum Gasteiger partial charge on any atom is 0.152 e. The molecule has 98 valence electrons. The molecule has 2 heterocycles. The van der Waals surface area contributed by atoms with Crippen LogP contribution in [-0.2, 0) is 20.2 Å². The average molecular weight is 256 g/mol. The topological polar surface area (TPSA) is 55.9 Å². The normalized spacial score (nSPS) is 11.3. The molecule has 0 amide bonds. The molecule has 3 rings (SSSR count). The van der Waals surface area contributed by atoms with Gasteiger partial charge in [0.1, 0.15) is 5.82 Å². The molecule has 0 fully saturated rings. The van der Waals surface area contributed by atoms with Crippen molar-refractivity contribution >= 4 is 10.9 Å². The molecule has 0 aliphatic rings. The van der Waals surface area contributed by atoms with E-state index in [1.807, 2.05) is 42.9 Å². The van der Waals surface area contributed by atoms with E-state index in [9.17, 15) is 5.11 Å². The number of fused-ring (bicyclic) bond motifs is 1. The Bertz CT molecular complexity index is 726. The molecule has 0 saturated heterocycles. The first-order valence-corrected chi connectivity index (χ1v) is 6.23. The van der Waals surface area contributed by atoms with Gasteiger partial charge in [-0.1, -0.05) is 12.1 Å². The average Bonchev–Trinajstić information content (AvgIpc) is 2.97. The molecule has 2 aromatic heterocycles. The van der Waals surface area contributed by atoms with Gasteiger partial charge < -0.3 is 14.2 Å². The van der Waals surface area contributed by atoms with Crippen molar-refractivity contribution in [1.29, 1.82) is 0 Å². The van der Waals surface area contributed by atoms with Crippen LogP contribution in [0.2, 0.25) is 0 Å². The largest absolute Gasteiger partial charge is 0.392 e. The van der Waals surface area contributed by atoms with Gasteiger partial charge in [-0.25, -0.2) is 0 Å². The third kappa shape index (κ3) is 1.92. The second-order valence-electron chi connectivity index (χ2n) is 4.67. The van der Waals surface area contributed by atoms with E-state index in [-0.39, 0.29) is 6.61 Å². The fraction of sp³-hybridized carbons (Fsp3) is 0.286. The number of aliphatic hydroxyl groups excluding tert-OH is 1. The molecule has 3 aromatic rings. The standard InChI is InChI=1S/C14H16N4O/c1-10-15-16-14(17(10)2)8-18-7-6-12-11(9-19)4-3-5-13(12)18/h3-7,19H,8-9H2,1-2H3. The fourth-order valence-electron chi connectivity index (χ4n) is 2.30. The molecular weight excluding hydrogens is 240 g/mol. The van der Waals surface area contributed by atoms with Gasteiger partial charge in [0, 0.05) is 24.1 Å². The highest BCUT2D eigenvalue weighted by Crippen LogP contribution is 2.21. The summed E-state index contributed by atoms with van der Waals surface area (Å²) in [5.41, 5.74) is 2.05. The zero-order valence-corrected chi connectivity index (χ0v) is 11.0. The molecule has 5 heteroatoms. The molecule has 19 heavy (non-hydrogen) atoms. The minimum atomic E-state index is 0.0599. The second-order valence-corrected chi connectivity index (χ2v) is 4.67. The minimum absolute atomic E-state index is 0.0599. The summed E-state index contributed by atoms with van der Waals surface area (Å²) in [6.45, 7) is 2.67. The molecule has 1 aromatic carbocycles. The van der Waals surface area contributed by atoms with Crippen molar-refractivity contribution in [2.75, 3.05) is 0 Å². The highest BCUT2D eigenvalue weighted by atomic mass is 16.3. The van der Waals surface area contributed by atoms with Crippen LogP contribution in [0.5, 0.6) is 0 Å². The molecule has 0 bridgehead atoms. The smallest absolute Gasteiger partial charge is 0.152 e. The van der Waals surface area contributed by atoms with E-state index in [4.69, 9.17) is 0 Å². The van der Waals surface area contributed by atoms with Crippen molar-refractivity contribution in [1.82, 2.24) is 19.3 Å². The Labute approximate surface area is 111 Å². The van der Waals surface area contributed by atoms with Crippen molar-refractivity contribution in [2.45, 2.75) is 20.1 Å². The van der Waals surface area contributed by atoms with E-state index < -0.39 is 0 Å². The van der Waals surface area contributed by atoms with Gasteiger partial charge in [0.2, 0.25) is 0 Å². The second kappa shape index (κ2) is 4.51. The maximum absolute atomic E-state index is 9.35. The number of aliphatic hydroxyl groups is 1. The van der Waals surface area contributed by atoms with Crippen LogP contribution < -0.4 is 0 Å². The Hall–Kier alpha value is -2.14. The lowest BCUT2D eigenvalue weighted by Crippen LogP contribution is -2.05. The SMILES string of the molecule is Cc1nnc(Cn2ccc3c(CO)cccc32)n1C. The Morgan fingerprint density at radius 2 is 2.05 bits per heavy atom. The molecule has 0 unspecified atom stereocenters. The van der Waals surface area contributed by atoms with Crippen molar-refractivity contribution in [3.8, 4) is 0 Å². The first kappa shape index (κ1) is 11.9. The summed E-state index contributed by atoms with van der Waals surface area (Å²) in [6, 6.07) is 7.99. The first-order chi connectivity index (χ1) is 9.20. The highest BCUT2D eigenvalue weighted by molar-refractivity contribution is 5.83. The molecule has 0 aliphatic heterocycles. The van der Waals surface area contributed by atoms with Gasteiger partial charge in [-0.3, -0.25) is 0 Å². The molecule has 0 radical (unpaired) electrons. The van der Waals surface area contributed by atoms with Crippen LogP contribution in [0.1, 0.15) is 17.2 Å². The van der Waals surface area contributed by atoms with E-state index in [1.54, 1.807) is 0 Å². The zero-order chi connectivity index (χ0) is 13.4. The Morgan fingerprint density at radius 3 is 2.74 bits per heavy atom. The molecule has 0 spiro atoms. The summed E-state index contributed by atoms with van der Waals surface area (Å²) in [6.07, 6.45) is 2.02. The van der Waals surface area contributed by atoms with Gasteiger partial charge in [0.05, 0.1) is 13.2 Å². The minimum Gasteiger partial charge on any atom is -0.392 e. The Kier molecular flexibility index (Phi) is 2.83. The highest BCUT2D eigenvalue weighted by Gasteiger charge is 2.09. The fourth-order valence-corrected chi connectivity index (χ4v) is 2.30. The predicted octanol–water partition coefficient (Wildman–Crippen LogP) is 1.62. The van der Waals surface area contributed by atoms with Gasteiger partial charge in [0.15, 0.2) is 5.82 Å². The molecule has 0 saturated carbocycles. The van der Waals surface area contributed by atoms with E-state index in [0.717, 1.165) is 28.1 Å². The van der Waals surface area contributed by atoms with E-state index in [2.05, 4.69) is 20.8 Å². The van der Waals surface area contributed by atoms with Crippen LogP contribution in [0.15, 0.2) is 30.5 Å². The number of aromatic nitrogens is 4. The lowest BCUT2D eigenvalue weighted by Gasteiger charge is -2.06. The first-order valence-electron chi connectivity index (χ1n) is 6.23. The van der Waals surface area contributed by atoms with Crippen LogP contribution in [0, 0.1) is 6.92 Å². The predicted molar refractivity (Wildman–Crippen MR) is 72.7 cm³/mol. The number of hydrogen-bond donors (Lipinski definition) is 1. The lowest BCUT2D eigenvalue weighted by atomic mass is 10.1. The molecule has 0 atom stereocenters. The number of nitrogens with zero attached hydrogens (tertiary/aromatic N) is 4. The lowest BCUT2D eigenvalue weighted by molar-refractivity contribution is 0.283.